The van der Waals surface area contributed by atoms with E-state index in [2.05, 4.69) is 58.3 Å². The number of hydrogen-bond acceptors (Lipinski definition) is 3. The number of ether oxygens (including phenoxy) is 1. The van der Waals surface area contributed by atoms with E-state index >= 15 is 0 Å². The Morgan fingerprint density at radius 3 is 2.86 bits per heavy atom. The highest BCUT2D eigenvalue weighted by Crippen LogP contribution is 2.44. The molecule has 3 nitrogen and oxygen atoms in total. The zero-order valence-electron chi connectivity index (χ0n) is 13.0. The molecule has 1 N–H and O–H groups in total. The molecule has 21 heavy (non-hydrogen) atoms. The van der Waals surface area contributed by atoms with Crippen LogP contribution >= 0.6 is 15.9 Å². The van der Waals surface area contributed by atoms with Gasteiger partial charge in [-0.25, -0.2) is 0 Å². The monoisotopic (exact) mass is 352 g/mol. The number of halogens is 1. The van der Waals surface area contributed by atoms with Crippen LogP contribution in [0.3, 0.4) is 0 Å². The van der Waals surface area contributed by atoms with Gasteiger partial charge in [-0.2, -0.15) is 0 Å². The van der Waals surface area contributed by atoms with Crippen molar-refractivity contribution in [1.29, 1.82) is 0 Å². The molecule has 1 fully saturated rings. The minimum atomic E-state index is 0.0196. The van der Waals surface area contributed by atoms with Gasteiger partial charge in [-0.1, -0.05) is 28.9 Å². The van der Waals surface area contributed by atoms with Crippen LogP contribution < -0.4 is 10.1 Å². The molecule has 0 amide bonds. The van der Waals surface area contributed by atoms with E-state index in [1.165, 1.54) is 12.0 Å². The van der Waals surface area contributed by atoms with Crippen molar-refractivity contribution < 1.29 is 4.74 Å². The fourth-order valence-electron chi connectivity index (χ4n) is 3.47. The number of piperidine rings is 1. The van der Waals surface area contributed by atoms with Gasteiger partial charge in [-0.3, -0.25) is 0 Å². The Balaban J connectivity index is 1.87. The van der Waals surface area contributed by atoms with Crippen molar-refractivity contribution in [3.63, 3.8) is 0 Å². The molecule has 1 aromatic carbocycles. The molecule has 1 saturated heterocycles. The van der Waals surface area contributed by atoms with E-state index in [-0.39, 0.29) is 5.60 Å². The molecular weight excluding hydrogens is 328 g/mol. The third kappa shape index (κ3) is 3.27. The van der Waals surface area contributed by atoms with Gasteiger partial charge in [0.05, 0.1) is 0 Å². The maximum atomic E-state index is 6.50. The summed E-state index contributed by atoms with van der Waals surface area (Å²) in [6, 6.07) is 6.88. The van der Waals surface area contributed by atoms with Crippen molar-refractivity contribution in [2.24, 2.45) is 0 Å². The van der Waals surface area contributed by atoms with Crippen LogP contribution in [0.15, 0.2) is 22.7 Å². The van der Waals surface area contributed by atoms with Crippen molar-refractivity contribution in [3.8, 4) is 5.75 Å². The second-order valence-corrected chi connectivity index (χ2v) is 7.40. The third-order valence-corrected chi connectivity index (χ3v) is 5.29. The highest BCUT2D eigenvalue weighted by atomic mass is 79.9. The van der Waals surface area contributed by atoms with Gasteiger partial charge in [0.2, 0.25) is 0 Å². The summed E-state index contributed by atoms with van der Waals surface area (Å²) in [5.41, 5.74) is 1.34. The molecule has 0 aromatic heterocycles. The molecule has 1 atom stereocenters. The number of hydrogen-bond donors (Lipinski definition) is 1. The molecule has 1 spiro atoms. The molecule has 2 aliphatic heterocycles. The lowest BCUT2D eigenvalue weighted by Gasteiger charge is -2.46. The van der Waals surface area contributed by atoms with Gasteiger partial charge in [0.15, 0.2) is 0 Å². The average molecular weight is 353 g/mol. The smallest absolute Gasteiger partial charge is 0.126 e. The van der Waals surface area contributed by atoms with Gasteiger partial charge in [-0.05, 0) is 45.0 Å². The van der Waals surface area contributed by atoms with Crippen molar-refractivity contribution in [1.82, 2.24) is 10.2 Å². The van der Waals surface area contributed by atoms with E-state index in [4.69, 9.17) is 4.74 Å². The first-order valence-corrected chi connectivity index (χ1v) is 8.81. The van der Waals surface area contributed by atoms with Crippen LogP contribution in [-0.4, -0.2) is 37.2 Å². The Hall–Kier alpha value is -0.580. The maximum Gasteiger partial charge on any atom is 0.126 e. The van der Waals surface area contributed by atoms with E-state index in [9.17, 15) is 0 Å². The van der Waals surface area contributed by atoms with E-state index in [0.717, 1.165) is 49.1 Å². The lowest BCUT2D eigenvalue weighted by Crippen LogP contribution is -2.51. The fraction of sp³-hybridized carbons (Fsp3) is 0.647. The zero-order valence-corrected chi connectivity index (χ0v) is 14.6. The Kier molecular flexibility index (Phi) is 4.57. The normalized spacial score (nSPS) is 24.6. The van der Waals surface area contributed by atoms with Gasteiger partial charge < -0.3 is 15.0 Å². The fourth-order valence-corrected chi connectivity index (χ4v) is 3.81. The van der Waals surface area contributed by atoms with Gasteiger partial charge in [0, 0.05) is 35.6 Å². The highest BCUT2D eigenvalue weighted by molar-refractivity contribution is 9.10. The number of fused-ring (bicyclic) bond motifs is 1. The number of likely N-dealkylation sites (tertiary alicyclic amines) is 1. The molecule has 2 aliphatic rings. The van der Waals surface area contributed by atoms with Crippen molar-refractivity contribution in [2.45, 2.75) is 44.2 Å². The predicted molar refractivity (Wildman–Crippen MR) is 89.9 cm³/mol. The second kappa shape index (κ2) is 6.27. The Labute approximate surface area is 136 Å². The summed E-state index contributed by atoms with van der Waals surface area (Å²) in [7, 11) is 2.20. The van der Waals surface area contributed by atoms with Gasteiger partial charge >= 0.3 is 0 Å². The molecule has 0 saturated carbocycles. The summed E-state index contributed by atoms with van der Waals surface area (Å²) in [6.07, 6.45) is 4.51. The molecule has 3 rings (SSSR count). The van der Waals surface area contributed by atoms with Crippen LogP contribution in [0, 0.1) is 0 Å². The summed E-state index contributed by atoms with van der Waals surface area (Å²) < 4.78 is 7.60. The van der Waals surface area contributed by atoms with Gasteiger partial charge in [0.1, 0.15) is 11.4 Å². The Morgan fingerprint density at radius 1 is 1.38 bits per heavy atom. The molecule has 2 heterocycles. The lowest BCUT2D eigenvalue weighted by molar-refractivity contribution is -0.0202. The first-order chi connectivity index (χ1) is 10.1. The Morgan fingerprint density at radius 2 is 2.14 bits per heavy atom. The molecular formula is C17H25BrN2O. The molecule has 4 heteroatoms. The molecule has 0 radical (unpaired) electrons. The number of nitrogens with one attached hydrogen (secondary N) is 1. The highest BCUT2D eigenvalue weighted by Gasteiger charge is 2.42. The van der Waals surface area contributed by atoms with E-state index < -0.39 is 0 Å². The number of benzene rings is 1. The van der Waals surface area contributed by atoms with Crippen LogP contribution in [0.4, 0.5) is 0 Å². The van der Waals surface area contributed by atoms with E-state index in [1.54, 1.807) is 0 Å². The van der Waals surface area contributed by atoms with Crippen LogP contribution in [0.1, 0.15) is 44.2 Å². The minimum absolute atomic E-state index is 0.0196. The maximum absolute atomic E-state index is 6.50. The quantitative estimate of drug-likeness (QED) is 0.896. The third-order valence-electron chi connectivity index (χ3n) is 4.79. The first-order valence-electron chi connectivity index (χ1n) is 8.02. The minimum Gasteiger partial charge on any atom is -0.487 e. The largest absolute Gasteiger partial charge is 0.487 e. The molecule has 1 unspecified atom stereocenters. The second-order valence-electron chi connectivity index (χ2n) is 6.48. The first kappa shape index (κ1) is 15.3. The van der Waals surface area contributed by atoms with Crippen LogP contribution in [0.5, 0.6) is 5.75 Å². The standard InChI is InChI=1S/C17H25BrN2O/c1-3-8-19-15-12-17(6-9-20(2)10-7-17)21-16-11-13(18)4-5-14(15)16/h4-5,11,15,19H,3,6-10,12H2,1-2H3. The molecule has 116 valence electrons. The zero-order chi connectivity index (χ0) is 14.9. The van der Waals surface area contributed by atoms with Crippen molar-refractivity contribution in [2.75, 3.05) is 26.7 Å². The predicted octanol–water partition coefficient (Wildman–Crippen LogP) is 3.74. The van der Waals surface area contributed by atoms with Crippen LogP contribution in [0.2, 0.25) is 0 Å². The Bertz CT molecular complexity index is 498. The molecule has 0 aliphatic carbocycles. The van der Waals surface area contributed by atoms with E-state index in [0.29, 0.717) is 6.04 Å². The lowest BCUT2D eigenvalue weighted by atomic mass is 9.80. The topological polar surface area (TPSA) is 24.5 Å². The van der Waals surface area contributed by atoms with Crippen molar-refractivity contribution >= 4 is 15.9 Å². The summed E-state index contributed by atoms with van der Waals surface area (Å²) in [6.45, 7) is 5.55. The SMILES string of the molecule is CCCNC1CC2(CCN(C)CC2)Oc2cc(Br)ccc21. The van der Waals surface area contributed by atoms with Gasteiger partial charge in [-0.15, -0.1) is 0 Å². The number of rotatable bonds is 3. The summed E-state index contributed by atoms with van der Waals surface area (Å²) in [4.78, 5) is 2.40. The van der Waals surface area contributed by atoms with E-state index in [1.807, 2.05) is 0 Å². The summed E-state index contributed by atoms with van der Waals surface area (Å²) in [5.74, 6) is 1.06. The van der Waals surface area contributed by atoms with Crippen LogP contribution in [0.25, 0.3) is 0 Å². The number of nitrogens with zero attached hydrogens (tertiary/aromatic N) is 1. The average Bonchev–Trinajstić information content (AvgIpc) is 2.47. The van der Waals surface area contributed by atoms with Crippen LogP contribution in [-0.2, 0) is 0 Å². The molecule has 0 bridgehead atoms. The van der Waals surface area contributed by atoms with Crippen molar-refractivity contribution in [3.05, 3.63) is 28.2 Å². The molecule has 1 aromatic rings. The summed E-state index contributed by atoms with van der Waals surface area (Å²) in [5, 5.41) is 3.72. The van der Waals surface area contributed by atoms with Gasteiger partial charge in [0.25, 0.3) is 0 Å². The summed E-state index contributed by atoms with van der Waals surface area (Å²) >= 11 is 3.58.